The first kappa shape index (κ1) is 13.0. The highest BCUT2D eigenvalue weighted by atomic mass is 35.5. The Kier molecular flexibility index (Phi) is 4.81. The number of hydrogen-bond acceptors (Lipinski definition) is 1. The van der Waals surface area contributed by atoms with Crippen LogP contribution in [0.5, 0.6) is 0 Å². The van der Waals surface area contributed by atoms with Gasteiger partial charge in [0.1, 0.15) is 0 Å². The Morgan fingerprint density at radius 1 is 1.50 bits per heavy atom. The van der Waals surface area contributed by atoms with Crippen molar-refractivity contribution in [1.29, 1.82) is 0 Å². The molecule has 0 aromatic heterocycles. The van der Waals surface area contributed by atoms with Gasteiger partial charge in [-0.05, 0) is 30.5 Å². The molecule has 0 aliphatic rings. The number of carboxylic acids is 1. The van der Waals surface area contributed by atoms with Gasteiger partial charge in [-0.25, -0.2) is 0 Å². The van der Waals surface area contributed by atoms with Crippen molar-refractivity contribution in [1.82, 2.24) is 0 Å². The predicted molar refractivity (Wildman–Crippen MR) is 66.1 cm³/mol. The molecular formula is C13H17ClO2. The van der Waals surface area contributed by atoms with Crippen molar-refractivity contribution in [2.45, 2.75) is 39.0 Å². The quantitative estimate of drug-likeness (QED) is 0.845. The highest BCUT2D eigenvalue weighted by molar-refractivity contribution is 6.31. The van der Waals surface area contributed by atoms with Crippen molar-refractivity contribution in [3.63, 3.8) is 0 Å². The predicted octanol–water partition coefficient (Wildman–Crippen LogP) is 4.01. The van der Waals surface area contributed by atoms with Gasteiger partial charge in [-0.3, -0.25) is 4.79 Å². The van der Waals surface area contributed by atoms with E-state index in [1.165, 1.54) is 0 Å². The SMILES string of the molecule is CCCCC(C(=O)O)c1cccc(Cl)c1C. The fourth-order valence-electron chi connectivity index (χ4n) is 1.82. The molecule has 0 heterocycles. The lowest BCUT2D eigenvalue weighted by molar-refractivity contribution is -0.139. The second-order valence-electron chi connectivity index (χ2n) is 3.99. The van der Waals surface area contributed by atoms with Crippen LogP contribution in [0.4, 0.5) is 0 Å². The van der Waals surface area contributed by atoms with Gasteiger partial charge in [-0.15, -0.1) is 0 Å². The Labute approximate surface area is 101 Å². The fraction of sp³-hybridized carbons (Fsp3) is 0.462. The molecule has 16 heavy (non-hydrogen) atoms. The molecule has 0 radical (unpaired) electrons. The van der Waals surface area contributed by atoms with E-state index < -0.39 is 11.9 Å². The van der Waals surface area contributed by atoms with E-state index in [9.17, 15) is 9.90 Å². The first-order chi connectivity index (χ1) is 7.57. The Balaban J connectivity index is 3.01. The lowest BCUT2D eigenvalue weighted by Crippen LogP contribution is -2.13. The van der Waals surface area contributed by atoms with Crippen LogP contribution in [-0.2, 0) is 4.79 Å². The van der Waals surface area contributed by atoms with Crippen molar-refractivity contribution in [2.75, 3.05) is 0 Å². The zero-order valence-electron chi connectivity index (χ0n) is 9.66. The van der Waals surface area contributed by atoms with Gasteiger partial charge in [0, 0.05) is 5.02 Å². The van der Waals surface area contributed by atoms with E-state index in [1.54, 1.807) is 6.07 Å². The number of hydrogen-bond donors (Lipinski definition) is 1. The van der Waals surface area contributed by atoms with Crippen LogP contribution in [0.15, 0.2) is 18.2 Å². The molecule has 2 nitrogen and oxygen atoms in total. The molecule has 1 atom stereocenters. The summed E-state index contributed by atoms with van der Waals surface area (Å²) in [5.74, 6) is -1.20. The number of carbonyl (C=O) groups is 1. The van der Waals surface area contributed by atoms with Crippen LogP contribution in [0.3, 0.4) is 0 Å². The van der Waals surface area contributed by atoms with Crippen molar-refractivity contribution in [2.24, 2.45) is 0 Å². The highest BCUT2D eigenvalue weighted by Gasteiger charge is 2.21. The monoisotopic (exact) mass is 240 g/mol. The van der Waals surface area contributed by atoms with Gasteiger partial charge in [-0.2, -0.15) is 0 Å². The number of halogens is 1. The number of aliphatic carboxylic acids is 1. The summed E-state index contributed by atoms with van der Waals surface area (Å²) in [4.78, 5) is 11.2. The molecule has 0 bridgehead atoms. The third-order valence-electron chi connectivity index (χ3n) is 2.83. The molecule has 0 saturated carbocycles. The van der Waals surface area contributed by atoms with Crippen molar-refractivity contribution in [3.05, 3.63) is 34.3 Å². The van der Waals surface area contributed by atoms with Crippen LogP contribution in [0.2, 0.25) is 5.02 Å². The molecule has 3 heteroatoms. The van der Waals surface area contributed by atoms with E-state index in [0.29, 0.717) is 11.4 Å². The van der Waals surface area contributed by atoms with E-state index in [1.807, 2.05) is 19.1 Å². The molecule has 1 rings (SSSR count). The van der Waals surface area contributed by atoms with E-state index >= 15 is 0 Å². The summed E-state index contributed by atoms with van der Waals surface area (Å²) in [5, 5.41) is 9.86. The van der Waals surface area contributed by atoms with Crippen molar-refractivity contribution in [3.8, 4) is 0 Å². The molecule has 0 amide bonds. The average Bonchev–Trinajstić information content (AvgIpc) is 2.24. The lowest BCUT2D eigenvalue weighted by atomic mass is 9.90. The lowest BCUT2D eigenvalue weighted by Gasteiger charge is -2.15. The summed E-state index contributed by atoms with van der Waals surface area (Å²) in [7, 11) is 0. The second-order valence-corrected chi connectivity index (χ2v) is 4.39. The van der Waals surface area contributed by atoms with E-state index in [-0.39, 0.29) is 0 Å². The zero-order chi connectivity index (χ0) is 12.1. The summed E-state index contributed by atoms with van der Waals surface area (Å²) < 4.78 is 0. The number of carboxylic acid groups (broad SMARTS) is 1. The van der Waals surface area contributed by atoms with Gasteiger partial charge in [0.25, 0.3) is 0 Å². The Hall–Kier alpha value is -1.02. The van der Waals surface area contributed by atoms with Gasteiger partial charge in [0.15, 0.2) is 0 Å². The molecular weight excluding hydrogens is 224 g/mol. The van der Waals surface area contributed by atoms with E-state index in [4.69, 9.17) is 11.6 Å². The molecule has 1 N–H and O–H groups in total. The Bertz CT molecular complexity index is 374. The normalized spacial score (nSPS) is 12.4. The molecule has 0 saturated heterocycles. The third-order valence-corrected chi connectivity index (χ3v) is 3.24. The summed E-state index contributed by atoms with van der Waals surface area (Å²) in [5.41, 5.74) is 1.72. The number of unbranched alkanes of at least 4 members (excludes halogenated alkanes) is 1. The summed E-state index contributed by atoms with van der Waals surface area (Å²) >= 11 is 6.00. The van der Waals surface area contributed by atoms with Crippen LogP contribution in [0.25, 0.3) is 0 Å². The minimum absolute atomic E-state index is 0.432. The number of benzene rings is 1. The van der Waals surface area contributed by atoms with Gasteiger partial charge >= 0.3 is 5.97 Å². The zero-order valence-corrected chi connectivity index (χ0v) is 10.4. The maximum absolute atomic E-state index is 11.2. The van der Waals surface area contributed by atoms with Crippen LogP contribution >= 0.6 is 11.6 Å². The van der Waals surface area contributed by atoms with Crippen molar-refractivity contribution >= 4 is 17.6 Å². The first-order valence-electron chi connectivity index (χ1n) is 5.55. The topological polar surface area (TPSA) is 37.3 Å². The van der Waals surface area contributed by atoms with Gasteiger partial charge in [0.05, 0.1) is 5.92 Å². The fourth-order valence-corrected chi connectivity index (χ4v) is 2.00. The molecule has 1 aromatic rings. The average molecular weight is 241 g/mol. The van der Waals surface area contributed by atoms with Crippen LogP contribution < -0.4 is 0 Å². The van der Waals surface area contributed by atoms with Gasteiger partial charge < -0.3 is 5.11 Å². The Morgan fingerprint density at radius 2 is 2.19 bits per heavy atom. The smallest absolute Gasteiger partial charge is 0.310 e. The van der Waals surface area contributed by atoms with E-state index in [0.717, 1.165) is 24.0 Å². The molecule has 0 aliphatic heterocycles. The van der Waals surface area contributed by atoms with E-state index in [2.05, 4.69) is 6.92 Å². The maximum atomic E-state index is 11.2. The van der Waals surface area contributed by atoms with Crippen LogP contribution in [-0.4, -0.2) is 11.1 Å². The second kappa shape index (κ2) is 5.90. The minimum Gasteiger partial charge on any atom is -0.481 e. The van der Waals surface area contributed by atoms with Crippen LogP contribution in [0.1, 0.15) is 43.2 Å². The molecule has 1 aromatic carbocycles. The van der Waals surface area contributed by atoms with Gasteiger partial charge in [-0.1, -0.05) is 43.5 Å². The molecule has 88 valence electrons. The van der Waals surface area contributed by atoms with Crippen molar-refractivity contribution < 1.29 is 9.90 Å². The van der Waals surface area contributed by atoms with Gasteiger partial charge in [0.2, 0.25) is 0 Å². The minimum atomic E-state index is -0.765. The third kappa shape index (κ3) is 2.99. The summed E-state index contributed by atoms with van der Waals surface area (Å²) in [6.07, 6.45) is 2.60. The highest BCUT2D eigenvalue weighted by Crippen LogP contribution is 2.29. The molecule has 0 fully saturated rings. The van der Waals surface area contributed by atoms with Crippen LogP contribution in [0, 0.1) is 6.92 Å². The molecule has 1 unspecified atom stereocenters. The standard InChI is InChI=1S/C13H17ClO2/c1-3-4-6-11(13(15)16)10-7-5-8-12(14)9(10)2/h5,7-8,11H,3-4,6H2,1-2H3,(H,15,16). The largest absolute Gasteiger partial charge is 0.481 e. The first-order valence-corrected chi connectivity index (χ1v) is 5.93. The summed E-state index contributed by atoms with van der Waals surface area (Å²) in [6.45, 7) is 3.93. The maximum Gasteiger partial charge on any atom is 0.310 e. The number of rotatable bonds is 5. The molecule has 0 aliphatic carbocycles. The Morgan fingerprint density at radius 3 is 2.75 bits per heavy atom. The summed E-state index contributed by atoms with van der Waals surface area (Å²) in [6, 6.07) is 5.46. The molecule has 0 spiro atoms.